The Hall–Kier alpha value is -2.54. The zero-order valence-corrected chi connectivity index (χ0v) is 15.4. The second-order valence-corrected chi connectivity index (χ2v) is 7.21. The lowest BCUT2D eigenvalue weighted by Crippen LogP contribution is -2.44. The van der Waals surface area contributed by atoms with Crippen LogP contribution in [0.15, 0.2) is 30.3 Å². The van der Waals surface area contributed by atoms with Crippen molar-refractivity contribution in [2.75, 3.05) is 32.8 Å². The molecule has 1 aromatic carbocycles. The second-order valence-electron chi connectivity index (χ2n) is 7.21. The number of urea groups is 1. The van der Waals surface area contributed by atoms with Gasteiger partial charge in [0.1, 0.15) is 6.10 Å². The molecule has 1 atom stereocenters. The monoisotopic (exact) mass is 370 g/mol. The molecule has 0 unspecified atom stereocenters. The molecule has 2 saturated heterocycles. The average molecular weight is 370 g/mol. The number of rotatable bonds is 3. The van der Waals surface area contributed by atoms with E-state index >= 15 is 0 Å². The van der Waals surface area contributed by atoms with Gasteiger partial charge in [-0.3, -0.25) is 4.79 Å². The van der Waals surface area contributed by atoms with Gasteiger partial charge in [0.25, 0.3) is 5.91 Å². The number of amides is 3. The molecule has 2 aliphatic heterocycles. The summed E-state index contributed by atoms with van der Waals surface area (Å²) in [5, 5.41) is 4.12. The van der Waals surface area contributed by atoms with Crippen molar-refractivity contribution in [1.82, 2.24) is 20.1 Å². The molecular formula is C20H26N4O3. The summed E-state index contributed by atoms with van der Waals surface area (Å²) < 4.78 is 5.51. The number of ether oxygens (including phenoxy) is 1. The molecule has 0 radical (unpaired) electrons. The molecule has 2 N–H and O–H groups in total. The van der Waals surface area contributed by atoms with Crippen molar-refractivity contribution < 1.29 is 14.3 Å². The van der Waals surface area contributed by atoms with Crippen LogP contribution in [0.5, 0.6) is 0 Å². The molecule has 27 heavy (non-hydrogen) atoms. The number of aromatic nitrogens is 1. The smallest absolute Gasteiger partial charge is 0.317 e. The van der Waals surface area contributed by atoms with Crippen LogP contribution in [-0.4, -0.2) is 65.6 Å². The maximum Gasteiger partial charge on any atom is 0.317 e. The summed E-state index contributed by atoms with van der Waals surface area (Å²) in [6.45, 7) is 3.60. The fraction of sp³-hybridized carbons (Fsp3) is 0.500. The van der Waals surface area contributed by atoms with Gasteiger partial charge in [0.15, 0.2) is 0 Å². The predicted molar refractivity (Wildman–Crippen MR) is 102 cm³/mol. The number of H-pyrrole nitrogens is 1. The number of nitrogens with zero attached hydrogens (tertiary/aromatic N) is 2. The van der Waals surface area contributed by atoms with Crippen LogP contribution in [0.1, 0.15) is 25.0 Å². The average Bonchev–Trinajstić information content (AvgIpc) is 3.29. The van der Waals surface area contributed by atoms with E-state index in [-0.39, 0.29) is 18.0 Å². The minimum atomic E-state index is -0.285. The minimum absolute atomic E-state index is 0.0767. The van der Waals surface area contributed by atoms with Gasteiger partial charge in [-0.25, -0.2) is 4.79 Å². The normalized spacial score (nSPS) is 20.7. The van der Waals surface area contributed by atoms with E-state index in [1.54, 1.807) is 4.90 Å². The van der Waals surface area contributed by atoms with Crippen molar-refractivity contribution in [2.45, 2.75) is 31.9 Å². The molecule has 3 amide bonds. The molecular weight excluding hydrogens is 344 g/mol. The molecule has 144 valence electrons. The largest absolute Gasteiger partial charge is 0.368 e. The van der Waals surface area contributed by atoms with Crippen LogP contribution in [-0.2, 0) is 16.1 Å². The Bertz CT molecular complexity index is 779. The Morgan fingerprint density at radius 3 is 2.74 bits per heavy atom. The van der Waals surface area contributed by atoms with Crippen LogP contribution in [0.2, 0.25) is 0 Å². The van der Waals surface area contributed by atoms with Crippen LogP contribution in [0.3, 0.4) is 0 Å². The van der Waals surface area contributed by atoms with Gasteiger partial charge in [0, 0.05) is 44.0 Å². The summed E-state index contributed by atoms with van der Waals surface area (Å²) in [6.07, 6.45) is 2.27. The number of carbonyl (C=O) groups is 2. The quantitative estimate of drug-likeness (QED) is 0.868. The van der Waals surface area contributed by atoms with Gasteiger partial charge in [0.05, 0.1) is 6.54 Å². The number of hydrogen-bond acceptors (Lipinski definition) is 3. The van der Waals surface area contributed by atoms with Crippen molar-refractivity contribution in [3.63, 3.8) is 0 Å². The van der Waals surface area contributed by atoms with E-state index in [9.17, 15) is 9.59 Å². The maximum atomic E-state index is 12.5. The lowest BCUT2D eigenvalue weighted by atomic mass is 10.2. The zero-order valence-electron chi connectivity index (χ0n) is 15.4. The van der Waals surface area contributed by atoms with Gasteiger partial charge in [-0.2, -0.15) is 0 Å². The van der Waals surface area contributed by atoms with Gasteiger partial charge >= 0.3 is 6.03 Å². The molecule has 0 aliphatic carbocycles. The third-order valence-corrected chi connectivity index (χ3v) is 5.32. The number of nitrogens with one attached hydrogen (secondary N) is 2. The molecule has 3 heterocycles. The van der Waals surface area contributed by atoms with E-state index in [0.717, 1.165) is 35.9 Å². The van der Waals surface area contributed by atoms with Crippen LogP contribution < -0.4 is 5.32 Å². The Balaban J connectivity index is 1.29. The summed E-state index contributed by atoms with van der Waals surface area (Å²) >= 11 is 0. The molecule has 4 rings (SSSR count). The molecule has 7 heteroatoms. The van der Waals surface area contributed by atoms with E-state index in [1.165, 1.54) is 0 Å². The topological polar surface area (TPSA) is 77.7 Å². The maximum absolute atomic E-state index is 12.5. The third kappa shape index (κ3) is 4.08. The summed E-state index contributed by atoms with van der Waals surface area (Å²) in [6, 6.07) is 10.0. The molecule has 2 aromatic rings. The number of fused-ring (bicyclic) bond motifs is 1. The molecule has 0 bridgehead atoms. The first-order chi connectivity index (χ1) is 13.2. The first kappa shape index (κ1) is 17.9. The highest BCUT2D eigenvalue weighted by Crippen LogP contribution is 2.17. The lowest BCUT2D eigenvalue weighted by Gasteiger charge is -2.24. The number of para-hydroxylation sites is 1. The second kappa shape index (κ2) is 8.00. The Morgan fingerprint density at radius 2 is 1.93 bits per heavy atom. The highest BCUT2D eigenvalue weighted by molar-refractivity contribution is 5.82. The number of hydrogen-bond donors (Lipinski definition) is 2. The zero-order chi connectivity index (χ0) is 18.6. The van der Waals surface area contributed by atoms with Gasteiger partial charge in [-0.05, 0) is 36.8 Å². The summed E-state index contributed by atoms with van der Waals surface area (Å²) in [5.74, 6) is 0.0767. The first-order valence-corrected chi connectivity index (χ1v) is 9.70. The highest BCUT2D eigenvalue weighted by atomic mass is 16.5. The van der Waals surface area contributed by atoms with Gasteiger partial charge in [0.2, 0.25) is 0 Å². The SMILES string of the molecule is O=C(NCc1cc2ccccc2[nH]1)N1CCCN(C(=O)[C@H]2CCCO2)CC1. The van der Waals surface area contributed by atoms with E-state index in [4.69, 9.17) is 4.74 Å². The third-order valence-electron chi connectivity index (χ3n) is 5.32. The highest BCUT2D eigenvalue weighted by Gasteiger charge is 2.30. The molecule has 0 saturated carbocycles. The van der Waals surface area contributed by atoms with Crippen LogP contribution >= 0.6 is 0 Å². The predicted octanol–water partition coefficient (Wildman–Crippen LogP) is 2.09. The first-order valence-electron chi connectivity index (χ1n) is 9.70. The van der Waals surface area contributed by atoms with Crippen molar-refractivity contribution in [3.8, 4) is 0 Å². The van der Waals surface area contributed by atoms with Crippen molar-refractivity contribution >= 4 is 22.8 Å². The molecule has 7 nitrogen and oxygen atoms in total. The van der Waals surface area contributed by atoms with Crippen molar-refractivity contribution in [3.05, 3.63) is 36.0 Å². The Labute approximate surface area is 158 Å². The fourth-order valence-electron chi connectivity index (χ4n) is 3.83. The Morgan fingerprint density at radius 1 is 1.11 bits per heavy atom. The number of carbonyl (C=O) groups excluding carboxylic acids is 2. The molecule has 2 fully saturated rings. The number of benzene rings is 1. The summed E-state index contributed by atoms with van der Waals surface area (Å²) in [5.41, 5.74) is 2.05. The van der Waals surface area contributed by atoms with Gasteiger partial charge in [-0.1, -0.05) is 18.2 Å². The Kier molecular flexibility index (Phi) is 5.29. The van der Waals surface area contributed by atoms with Crippen molar-refractivity contribution in [2.24, 2.45) is 0 Å². The van der Waals surface area contributed by atoms with Gasteiger partial charge < -0.3 is 24.8 Å². The van der Waals surface area contributed by atoms with E-state index < -0.39 is 0 Å². The minimum Gasteiger partial charge on any atom is -0.368 e. The summed E-state index contributed by atoms with van der Waals surface area (Å²) in [7, 11) is 0. The molecule has 1 aromatic heterocycles. The molecule has 2 aliphatic rings. The van der Waals surface area contributed by atoms with Crippen LogP contribution in [0.4, 0.5) is 4.79 Å². The van der Waals surface area contributed by atoms with Crippen LogP contribution in [0, 0.1) is 0 Å². The van der Waals surface area contributed by atoms with Crippen molar-refractivity contribution in [1.29, 1.82) is 0 Å². The van der Waals surface area contributed by atoms with E-state index in [0.29, 0.717) is 39.3 Å². The van der Waals surface area contributed by atoms with E-state index in [1.807, 2.05) is 29.2 Å². The molecule has 0 spiro atoms. The lowest BCUT2D eigenvalue weighted by molar-refractivity contribution is -0.140. The summed E-state index contributed by atoms with van der Waals surface area (Å²) in [4.78, 5) is 32.0. The van der Waals surface area contributed by atoms with E-state index in [2.05, 4.69) is 16.4 Å². The van der Waals surface area contributed by atoms with Crippen LogP contribution in [0.25, 0.3) is 10.9 Å². The van der Waals surface area contributed by atoms with Gasteiger partial charge in [-0.15, -0.1) is 0 Å². The standard InChI is InChI=1S/C20H26N4O3/c25-19(18-7-3-12-27-18)23-8-4-9-24(11-10-23)20(26)21-14-16-13-15-5-1-2-6-17(15)22-16/h1-2,5-6,13,18,22H,3-4,7-12,14H2,(H,21,26)/t18-/m1/s1. The fourth-order valence-corrected chi connectivity index (χ4v) is 3.83. The number of aromatic amines is 1.